The van der Waals surface area contributed by atoms with Crippen LogP contribution in [0.25, 0.3) is 0 Å². The van der Waals surface area contributed by atoms with Crippen molar-refractivity contribution < 1.29 is 14.1 Å². The molecule has 0 aliphatic rings. The number of carbonyl (C=O) groups excluding carboxylic acids is 1. The Morgan fingerprint density at radius 2 is 1.70 bits per heavy atom. The third-order valence-electron chi connectivity index (χ3n) is 4.40. The fraction of sp³-hybridized carbons (Fsp3) is 0.409. The van der Waals surface area contributed by atoms with Gasteiger partial charge in [0, 0.05) is 27.5 Å². The highest BCUT2D eigenvalue weighted by Gasteiger charge is 2.21. The molecule has 2 aromatic carbocycles. The van der Waals surface area contributed by atoms with E-state index in [0.717, 1.165) is 33.7 Å². The van der Waals surface area contributed by atoms with Crippen LogP contribution in [0, 0.1) is 13.8 Å². The number of rotatable bonds is 5. The van der Waals surface area contributed by atoms with E-state index >= 15 is 0 Å². The number of aromatic hydroxyl groups is 1. The minimum Gasteiger partial charge on any atom is -0.508 e. The summed E-state index contributed by atoms with van der Waals surface area (Å²) >= 11 is 0. The van der Waals surface area contributed by atoms with Gasteiger partial charge in [0.05, 0.1) is 10.8 Å². The molecule has 1 amide bonds. The summed E-state index contributed by atoms with van der Waals surface area (Å²) in [7, 11) is -1.37. The molecular formula is C22H29NO3S. The van der Waals surface area contributed by atoms with E-state index in [1.54, 1.807) is 12.1 Å². The Bertz CT molecular complexity index is 859. The lowest BCUT2D eigenvalue weighted by atomic mass is 9.86. The van der Waals surface area contributed by atoms with Gasteiger partial charge in [-0.25, -0.2) is 4.21 Å². The van der Waals surface area contributed by atoms with E-state index in [1.807, 2.05) is 59.7 Å². The lowest BCUT2D eigenvalue weighted by molar-refractivity contribution is -0.116. The predicted molar refractivity (Wildman–Crippen MR) is 111 cm³/mol. The van der Waals surface area contributed by atoms with Crippen LogP contribution in [0.1, 0.15) is 57.2 Å². The Balaban J connectivity index is 2.41. The summed E-state index contributed by atoms with van der Waals surface area (Å²) in [5.41, 5.74) is 2.98. The Morgan fingerprint density at radius 3 is 2.22 bits per heavy atom. The van der Waals surface area contributed by atoms with Gasteiger partial charge in [-0.05, 0) is 67.1 Å². The van der Waals surface area contributed by atoms with Gasteiger partial charge in [0.1, 0.15) is 5.75 Å². The second-order valence-corrected chi connectivity index (χ2v) is 9.35. The number of aryl methyl sites for hydroxylation is 2. The Morgan fingerprint density at radius 1 is 1.11 bits per heavy atom. The number of nitrogens with one attached hydrogen (secondary N) is 1. The molecule has 0 aliphatic carbocycles. The number of anilines is 1. The highest BCUT2D eigenvalue weighted by atomic mass is 32.2. The van der Waals surface area contributed by atoms with Crippen molar-refractivity contribution in [2.45, 2.75) is 69.6 Å². The topological polar surface area (TPSA) is 66.4 Å². The zero-order valence-corrected chi connectivity index (χ0v) is 17.8. The number of amides is 1. The number of hydrogen-bond acceptors (Lipinski definition) is 3. The summed E-state index contributed by atoms with van der Waals surface area (Å²) in [4.78, 5) is 13.2. The molecular weight excluding hydrogens is 358 g/mol. The summed E-state index contributed by atoms with van der Waals surface area (Å²) in [5.74, 6) is 0.198. The molecule has 0 aliphatic heterocycles. The van der Waals surface area contributed by atoms with E-state index in [0.29, 0.717) is 11.3 Å². The SMILES string of the molecule is CCCC(=O)Nc1cc(C)c(S(=O)c2ccc(O)c(C(C)(C)C)c2)c(C)c1. The maximum Gasteiger partial charge on any atom is 0.224 e. The number of phenolic OH excluding ortho intramolecular Hbond substituents is 1. The van der Waals surface area contributed by atoms with Gasteiger partial charge in [-0.3, -0.25) is 4.79 Å². The van der Waals surface area contributed by atoms with E-state index in [-0.39, 0.29) is 17.1 Å². The maximum absolute atomic E-state index is 13.3. The first-order valence-electron chi connectivity index (χ1n) is 9.21. The largest absolute Gasteiger partial charge is 0.508 e. The standard InChI is InChI=1S/C22H29NO3S/c1-7-8-20(25)23-16-11-14(2)21(15(3)12-16)27(26)17-9-10-19(24)18(13-17)22(4,5)6/h9-13,24H,7-8H2,1-6H3,(H,23,25). The van der Waals surface area contributed by atoms with Crippen LogP contribution < -0.4 is 5.32 Å². The summed E-state index contributed by atoms with van der Waals surface area (Å²) in [5, 5.41) is 13.1. The summed E-state index contributed by atoms with van der Waals surface area (Å²) in [6.07, 6.45) is 1.28. The van der Waals surface area contributed by atoms with Crippen LogP contribution in [0.5, 0.6) is 5.75 Å². The second kappa shape index (κ2) is 8.26. The molecule has 0 heterocycles. The second-order valence-electron chi connectivity index (χ2n) is 7.94. The molecule has 2 rings (SSSR count). The maximum atomic E-state index is 13.3. The Labute approximate surface area is 164 Å². The van der Waals surface area contributed by atoms with Crippen LogP contribution in [0.15, 0.2) is 40.1 Å². The normalized spacial score (nSPS) is 12.7. The van der Waals surface area contributed by atoms with Gasteiger partial charge in [0.25, 0.3) is 0 Å². The van der Waals surface area contributed by atoms with Gasteiger partial charge in [-0.1, -0.05) is 27.7 Å². The first-order valence-corrected chi connectivity index (χ1v) is 10.4. The summed E-state index contributed by atoms with van der Waals surface area (Å²) < 4.78 is 13.3. The van der Waals surface area contributed by atoms with E-state index in [2.05, 4.69) is 5.32 Å². The first kappa shape index (κ1) is 21.2. The van der Waals surface area contributed by atoms with Crippen molar-refractivity contribution in [3.63, 3.8) is 0 Å². The molecule has 0 radical (unpaired) electrons. The molecule has 0 fully saturated rings. The van der Waals surface area contributed by atoms with Gasteiger partial charge in [0.2, 0.25) is 5.91 Å². The van der Waals surface area contributed by atoms with Crippen LogP contribution in [0.4, 0.5) is 5.69 Å². The zero-order chi connectivity index (χ0) is 20.4. The fourth-order valence-corrected chi connectivity index (χ4v) is 4.47. The average molecular weight is 388 g/mol. The molecule has 0 saturated carbocycles. The molecule has 1 atom stereocenters. The van der Waals surface area contributed by atoms with E-state index < -0.39 is 10.8 Å². The van der Waals surface area contributed by atoms with Crippen molar-refractivity contribution in [3.8, 4) is 5.75 Å². The van der Waals surface area contributed by atoms with Crippen molar-refractivity contribution in [2.75, 3.05) is 5.32 Å². The smallest absolute Gasteiger partial charge is 0.224 e. The Hall–Kier alpha value is -2.14. The van der Waals surface area contributed by atoms with Crippen LogP contribution in [-0.2, 0) is 21.0 Å². The van der Waals surface area contributed by atoms with E-state index in [1.165, 1.54) is 0 Å². The number of benzene rings is 2. The Kier molecular flexibility index (Phi) is 6.47. The van der Waals surface area contributed by atoms with Crippen molar-refractivity contribution >= 4 is 22.4 Å². The highest BCUT2D eigenvalue weighted by Crippen LogP contribution is 2.34. The lowest BCUT2D eigenvalue weighted by Gasteiger charge is -2.21. The monoisotopic (exact) mass is 387 g/mol. The number of carbonyl (C=O) groups is 1. The van der Waals surface area contributed by atoms with Crippen LogP contribution in [0.3, 0.4) is 0 Å². The minimum atomic E-state index is -1.37. The number of hydrogen-bond donors (Lipinski definition) is 2. The molecule has 0 spiro atoms. The predicted octanol–water partition coefficient (Wildman–Crippen LogP) is 5.21. The third-order valence-corrected chi connectivity index (χ3v) is 6.09. The van der Waals surface area contributed by atoms with Crippen molar-refractivity contribution in [3.05, 3.63) is 47.0 Å². The molecule has 2 N–H and O–H groups in total. The molecule has 1 unspecified atom stereocenters. The van der Waals surface area contributed by atoms with E-state index in [9.17, 15) is 14.1 Å². The summed E-state index contributed by atoms with van der Waals surface area (Å²) in [6, 6.07) is 8.85. The summed E-state index contributed by atoms with van der Waals surface area (Å²) in [6.45, 7) is 11.8. The van der Waals surface area contributed by atoms with E-state index in [4.69, 9.17) is 0 Å². The van der Waals surface area contributed by atoms with Gasteiger partial charge in [-0.2, -0.15) is 0 Å². The van der Waals surface area contributed by atoms with Crippen molar-refractivity contribution in [2.24, 2.45) is 0 Å². The zero-order valence-electron chi connectivity index (χ0n) is 17.0. The van der Waals surface area contributed by atoms with Crippen LogP contribution in [0.2, 0.25) is 0 Å². The van der Waals surface area contributed by atoms with Crippen molar-refractivity contribution in [1.29, 1.82) is 0 Å². The highest BCUT2D eigenvalue weighted by molar-refractivity contribution is 7.85. The molecule has 146 valence electrons. The molecule has 4 nitrogen and oxygen atoms in total. The van der Waals surface area contributed by atoms with Gasteiger partial charge < -0.3 is 10.4 Å². The van der Waals surface area contributed by atoms with Gasteiger partial charge in [-0.15, -0.1) is 0 Å². The van der Waals surface area contributed by atoms with Crippen molar-refractivity contribution in [1.82, 2.24) is 0 Å². The minimum absolute atomic E-state index is 0.0153. The molecule has 0 saturated heterocycles. The average Bonchev–Trinajstić information content (AvgIpc) is 2.53. The van der Waals surface area contributed by atoms with Gasteiger partial charge >= 0.3 is 0 Å². The van der Waals surface area contributed by atoms with Crippen LogP contribution >= 0.6 is 0 Å². The molecule has 0 aromatic heterocycles. The molecule has 2 aromatic rings. The van der Waals surface area contributed by atoms with Gasteiger partial charge in [0.15, 0.2) is 0 Å². The van der Waals surface area contributed by atoms with Crippen LogP contribution in [-0.4, -0.2) is 15.2 Å². The quantitative estimate of drug-likeness (QED) is 0.740. The number of phenols is 1. The molecule has 27 heavy (non-hydrogen) atoms. The fourth-order valence-electron chi connectivity index (χ4n) is 3.11. The lowest BCUT2D eigenvalue weighted by Crippen LogP contribution is -2.13. The first-order chi connectivity index (χ1) is 12.5. The third kappa shape index (κ3) is 4.98. The molecule has 5 heteroatoms. The molecule has 0 bridgehead atoms.